The molecule has 2 atom stereocenters. The lowest BCUT2D eigenvalue weighted by Crippen LogP contribution is -2.41. The van der Waals surface area contributed by atoms with Crippen molar-refractivity contribution in [2.75, 3.05) is 20.2 Å². The van der Waals surface area contributed by atoms with Gasteiger partial charge in [-0.1, -0.05) is 0 Å². The Morgan fingerprint density at radius 3 is 3.24 bits per heavy atom. The van der Waals surface area contributed by atoms with Crippen LogP contribution in [0, 0.1) is 0 Å². The smallest absolute Gasteiger partial charge is 0.237 e. The van der Waals surface area contributed by atoms with Crippen LogP contribution in [0.25, 0.3) is 0 Å². The average molecular weight is 238 g/mol. The minimum Gasteiger partial charge on any atom is -0.380 e. The molecule has 2 rings (SSSR count). The zero-order chi connectivity index (χ0) is 12.1. The molecule has 0 saturated carbocycles. The number of rotatable bonds is 5. The van der Waals surface area contributed by atoms with Gasteiger partial charge in [-0.3, -0.25) is 9.48 Å². The lowest BCUT2D eigenvalue weighted by Gasteiger charge is -2.11. The van der Waals surface area contributed by atoms with E-state index in [0.29, 0.717) is 13.1 Å². The van der Waals surface area contributed by atoms with E-state index in [-0.39, 0.29) is 18.1 Å². The van der Waals surface area contributed by atoms with E-state index < -0.39 is 0 Å². The molecule has 1 aliphatic rings. The van der Waals surface area contributed by atoms with Crippen LogP contribution in [0.4, 0.5) is 0 Å². The van der Waals surface area contributed by atoms with Gasteiger partial charge in [0.15, 0.2) is 0 Å². The normalized spacial score (nSPS) is 23.8. The molecule has 1 fully saturated rings. The quantitative estimate of drug-likeness (QED) is 0.717. The van der Waals surface area contributed by atoms with Crippen molar-refractivity contribution in [3.8, 4) is 0 Å². The molecule has 1 aromatic rings. The lowest BCUT2D eigenvalue weighted by molar-refractivity contribution is -0.123. The van der Waals surface area contributed by atoms with Crippen molar-refractivity contribution >= 4 is 5.91 Å². The Morgan fingerprint density at radius 1 is 1.71 bits per heavy atom. The second-order valence-electron chi connectivity index (χ2n) is 4.11. The highest BCUT2D eigenvalue weighted by molar-refractivity contribution is 5.82. The molecule has 1 aromatic heterocycles. The number of amides is 1. The van der Waals surface area contributed by atoms with Gasteiger partial charge in [0.05, 0.1) is 18.7 Å². The SMILES string of the molecule is COC1CNC(C(=O)NCCn2cccn2)C1. The maximum Gasteiger partial charge on any atom is 0.237 e. The van der Waals surface area contributed by atoms with Crippen LogP contribution in [-0.4, -0.2) is 48.0 Å². The van der Waals surface area contributed by atoms with E-state index in [9.17, 15) is 4.79 Å². The molecule has 6 nitrogen and oxygen atoms in total. The van der Waals surface area contributed by atoms with Gasteiger partial charge in [0.2, 0.25) is 5.91 Å². The molecule has 0 aromatic carbocycles. The van der Waals surface area contributed by atoms with Crippen LogP contribution in [0.1, 0.15) is 6.42 Å². The lowest BCUT2D eigenvalue weighted by atomic mass is 10.2. The Morgan fingerprint density at radius 2 is 2.59 bits per heavy atom. The van der Waals surface area contributed by atoms with E-state index in [1.54, 1.807) is 18.0 Å². The Kier molecular flexibility index (Phi) is 4.11. The van der Waals surface area contributed by atoms with Gasteiger partial charge >= 0.3 is 0 Å². The van der Waals surface area contributed by atoms with Crippen LogP contribution < -0.4 is 10.6 Å². The number of ether oxygens (including phenoxy) is 1. The van der Waals surface area contributed by atoms with Crippen LogP contribution >= 0.6 is 0 Å². The number of nitrogens with zero attached hydrogens (tertiary/aromatic N) is 2. The summed E-state index contributed by atoms with van der Waals surface area (Å²) in [6.45, 7) is 2.03. The largest absolute Gasteiger partial charge is 0.380 e. The van der Waals surface area contributed by atoms with Gasteiger partial charge in [0, 0.05) is 32.6 Å². The second-order valence-corrected chi connectivity index (χ2v) is 4.11. The van der Waals surface area contributed by atoms with E-state index in [1.807, 2.05) is 12.3 Å². The Bertz CT molecular complexity index is 352. The molecule has 0 spiro atoms. The summed E-state index contributed by atoms with van der Waals surface area (Å²) in [4.78, 5) is 11.8. The molecule has 17 heavy (non-hydrogen) atoms. The molecule has 2 heterocycles. The summed E-state index contributed by atoms with van der Waals surface area (Å²) in [6, 6.07) is 1.74. The highest BCUT2D eigenvalue weighted by atomic mass is 16.5. The van der Waals surface area contributed by atoms with Crippen molar-refractivity contribution in [3.63, 3.8) is 0 Å². The summed E-state index contributed by atoms with van der Waals surface area (Å²) in [6.07, 6.45) is 4.49. The molecule has 6 heteroatoms. The molecule has 2 unspecified atom stereocenters. The Hall–Kier alpha value is -1.40. The summed E-state index contributed by atoms with van der Waals surface area (Å²) in [5, 5.41) is 10.1. The highest BCUT2D eigenvalue weighted by Crippen LogP contribution is 2.09. The Balaban J connectivity index is 1.67. The van der Waals surface area contributed by atoms with Crippen molar-refractivity contribution in [1.82, 2.24) is 20.4 Å². The fourth-order valence-electron chi connectivity index (χ4n) is 1.93. The third kappa shape index (κ3) is 3.28. The summed E-state index contributed by atoms with van der Waals surface area (Å²) < 4.78 is 6.99. The molecular formula is C11H18N4O2. The van der Waals surface area contributed by atoms with Crippen LogP contribution in [0.5, 0.6) is 0 Å². The molecule has 1 amide bonds. The first-order chi connectivity index (χ1) is 8.29. The number of methoxy groups -OCH3 is 1. The van der Waals surface area contributed by atoms with E-state index in [1.165, 1.54) is 0 Å². The first kappa shape index (κ1) is 12.1. The molecule has 1 saturated heterocycles. The van der Waals surface area contributed by atoms with Gasteiger partial charge in [0.25, 0.3) is 0 Å². The van der Waals surface area contributed by atoms with Crippen molar-refractivity contribution in [2.45, 2.75) is 25.1 Å². The number of nitrogens with one attached hydrogen (secondary N) is 2. The first-order valence-electron chi connectivity index (χ1n) is 5.81. The zero-order valence-electron chi connectivity index (χ0n) is 9.93. The number of carbonyl (C=O) groups excluding carboxylic acids is 1. The van der Waals surface area contributed by atoms with E-state index >= 15 is 0 Å². The van der Waals surface area contributed by atoms with E-state index in [0.717, 1.165) is 13.0 Å². The maximum atomic E-state index is 11.8. The van der Waals surface area contributed by atoms with Crippen molar-refractivity contribution < 1.29 is 9.53 Å². The minimum atomic E-state index is -0.127. The number of carbonyl (C=O) groups is 1. The van der Waals surface area contributed by atoms with Gasteiger partial charge in [0.1, 0.15) is 0 Å². The Labute approximate surface area is 100 Å². The third-order valence-electron chi connectivity index (χ3n) is 2.94. The molecular weight excluding hydrogens is 220 g/mol. The summed E-state index contributed by atoms with van der Waals surface area (Å²) in [7, 11) is 1.67. The maximum absolute atomic E-state index is 11.8. The van der Waals surface area contributed by atoms with Gasteiger partial charge in [-0.2, -0.15) is 5.10 Å². The van der Waals surface area contributed by atoms with Gasteiger partial charge in [-0.15, -0.1) is 0 Å². The zero-order valence-corrected chi connectivity index (χ0v) is 9.93. The number of hydrogen-bond acceptors (Lipinski definition) is 4. The average Bonchev–Trinajstić information content (AvgIpc) is 2.99. The molecule has 0 aliphatic carbocycles. The van der Waals surface area contributed by atoms with Crippen LogP contribution in [0.15, 0.2) is 18.5 Å². The monoisotopic (exact) mass is 238 g/mol. The summed E-state index contributed by atoms with van der Waals surface area (Å²) in [5.41, 5.74) is 0. The van der Waals surface area contributed by atoms with E-state index in [2.05, 4.69) is 15.7 Å². The van der Waals surface area contributed by atoms with Gasteiger partial charge in [-0.25, -0.2) is 0 Å². The molecule has 94 valence electrons. The van der Waals surface area contributed by atoms with Crippen molar-refractivity contribution in [2.24, 2.45) is 0 Å². The second kappa shape index (κ2) is 5.79. The topological polar surface area (TPSA) is 68.2 Å². The molecule has 2 N–H and O–H groups in total. The van der Waals surface area contributed by atoms with Gasteiger partial charge in [-0.05, 0) is 12.5 Å². The molecule has 0 radical (unpaired) electrons. The molecule has 1 aliphatic heterocycles. The predicted octanol–water partition coefficient (Wildman–Crippen LogP) is -0.624. The molecule has 0 bridgehead atoms. The minimum absolute atomic E-state index is 0.0386. The third-order valence-corrected chi connectivity index (χ3v) is 2.94. The van der Waals surface area contributed by atoms with Gasteiger partial charge < -0.3 is 15.4 Å². The fourth-order valence-corrected chi connectivity index (χ4v) is 1.93. The van der Waals surface area contributed by atoms with Crippen LogP contribution in [0.2, 0.25) is 0 Å². The standard InChI is InChI=1S/C11H18N4O2/c1-17-9-7-10(13-8-9)11(16)12-4-6-15-5-2-3-14-15/h2-3,5,9-10,13H,4,6-8H2,1H3,(H,12,16). The van der Waals surface area contributed by atoms with Crippen molar-refractivity contribution in [1.29, 1.82) is 0 Å². The summed E-state index contributed by atoms with van der Waals surface area (Å²) >= 11 is 0. The van der Waals surface area contributed by atoms with Crippen LogP contribution in [0.3, 0.4) is 0 Å². The number of hydrogen-bond donors (Lipinski definition) is 2. The first-order valence-corrected chi connectivity index (χ1v) is 5.81. The predicted molar refractivity (Wildman–Crippen MR) is 62.4 cm³/mol. The fraction of sp³-hybridized carbons (Fsp3) is 0.636. The van der Waals surface area contributed by atoms with Crippen LogP contribution in [-0.2, 0) is 16.1 Å². The highest BCUT2D eigenvalue weighted by Gasteiger charge is 2.28. The van der Waals surface area contributed by atoms with E-state index in [4.69, 9.17) is 4.74 Å². The van der Waals surface area contributed by atoms with Crippen molar-refractivity contribution in [3.05, 3.63) is 18.5 Å². The number of aromatic nitrogens is 2. The summed E-state index contributed by atoms with van der Waals surface area (Å²) in [5.74, 6) is 0.0386.